The molecular weight excluding hydrogens is 572 g/mol. The zero-order valence-corrected chi connectivity index (χ0v) is 22.7. The Morgan fingerprint density at radius 3 is 2.61 bits per heavy atom. The fourth-order valence-corrected chi connectivity index (χ4v) is 5.83. The molecule has 0 saturated carbocycles. The average molecular weight is 598 g/mol. The number of aliphatic imine (C=N–C) groups is 1. The first-order valence-corrected chi connectivity index (χ1v) is 13.4. The van der Waals surface area contributed by atoms with Crippen LogP contribution in [0.3, 0.4) is 0 Å². The van der Waals surface area contributed by atoms with E-state index in [-0.39, 0.29) is 36.3 Å². The van der Waals surface area contributed by atoms with Crippen molar-refractivity contribution in [3.8, 4) is 0 Å². The van der Waals surface area contributed by atoms with E-state index in [0.29, 0.717) is 39.2 Å². The summed E-state index contributed by atoms with van der Waals surface area (Å²) in [6.07, 6.45) is -4.88. The third-order valence-electron chi connectivity index (χ3n) is 6.99. The zero-order valence-electron chi connectivity index (χ0n) is 21.9. The van der Waals surface area contributed by atoms with Gasteiger partial charge in [0.1, 0.15) is 0 Å². The van der Waals surface area contributed by atoms with Gasteiger partial charge in [-0.3, -0.25) is 14.8 Å². The highest BCUT2D eigenvalue weighted by Crippen LogP contribution is 2.38. The van der Waals surface area contributed by atoms with E-state index in [4.69, 9.17) is 4.74 Å². The Morgan fingerprint density at radius 1 is 1.12 bits per heavy atom. The maximum absolute atomic E-state index is 13.6. The summed E-state index contributed by atoms with van der Waals surface area (Å²) in [5, 5.41) is 8.79. The Balaban J connectivity index is 1.33. The van der Waals surface area contributed by atoms with Gasteiger partial charge in [0, 0.05) is 25.6 Å². The number of carbonyl (C=O) groups excluding carboxylic acids is 1. The maximum Gasteiger partial charge on any atom is 0.416 e. The Bertz CT molecular complexity index is 1530. The van der Waals surface area contributed by atoms with Crippen molar-refractivity contribution in [2.45, 2.75) is 43.9 Å². The number of methoxy groups -OCH3 is 1. The largest absolute Gasteiger partial charge is 0.416 e. The van der Waals surface area contributed by atoms with Crippen LogP contribution in [-0.4, -0.2) is 58.7 Å². The van der Waals surface area contributed by atoms with Crippen LogP contribution >= 0.6 is 11.8 Å². The second kappa shape index (κ2) is 11.1. The van der Waals surface area contributed by atoms with Crippen molar-refractivity contribution >= 4 is 39.8 Å². The number of halogens is 6. The van der Waals surface area contributed by atoms with E-state index >= 15 is 0 Å². The number of nitrogens with one attached hydrogen (secondary N) is 1. The molecular formula is C27H25F6N5O2S. The molecule has 1 saturated heterocycles. The van der Waals surface area contributed by atoms with Crippen LogP contribution in [0.5, 0.6) is 0 Å². The van der Waals surface area contributed by atoms with E-state index in [0.717, 1.165) is 18.9 Å². The number of hydrogen-bond acceptors (Lipinski definition) is 6. The van der Waals surface area contributed by atoms with Crippen molar-refractivity contribution in [3.05, 3.63) is 69.8 Å². The van der Waals surface area contributed by atoms with Gasteiger partial charge in [-0.2, -0.15) is 36.4 Å². The van der Waals surface area contributed by atoms with Crippen molar-refractivity contribution < 1.29 is 35.9 Å². The third kappa shape index (κ3) is 6.28. The van der Waals surface area contributed by atoms with Crippen LogP contribution in [0.4, 0.5) is 26.3 Å². The summed E-state index contributed by atoms with van der Waals surface area (Å²) in [6.45, 7) is 0.218. The minimum absolute atomic E-state index is 0.0262. The molecule has 5 rings (SSSR count). The monoisotopic (exact) mass is 597 g/mol. The lowest BCUT2D eigenvalue weighted by Gasteiger charge is -2.26. The molecule has 2 aliphatic rings. The molecule has 0 spiro atoms. The number of aromatic nitrogens is 2. The van der Waals surface area contributed by atoms with E-state index in [9.17, 15) is 31.1 Å². The standard InChI is InChI=1S/C27H25F6N5O2S/c1-37(23-8-6-19(35-23)14-40-2)25-36-24(39)22(41-25)10-15-3-7-21-17(9-15)12-34-38(21)13-16-4-5-18(26(28,29)30)11-20(16)27(31,32)33/h3-5,7,9-12,19,23,35H,6,8,13-14H2,1-2H3/b22-10-/t19-,23?/m0/s1. The van der Waals surface area contributed by atoms with Gasteiger partial charge in [0.2, 0.25) is 0 Å². The molecule has 3 aromatic rings. The summed E-state index contributed by atoms with van der Waals surface area (Å²) in [7, 11) is 3.52. The molecule has 14 heteroatoms. The molecule has 1 amide bonds. The summed E-state index contributed by atoms with van der Waals surface area (Å²) in [6, 6.07) is 6.87. The van der Waals surface area contributed by atoms with Crippen molar-refractivity contribution in [2.75, 3.05) is 20.8 Å². The smallest absolute Gasteiger partial charge is 0.383 e. The number of rotatable bonds is 6. The average Bonchev–Trinajstić information content (AvgIpc) is 3.62. The number of amides is 1. The normalized spacial score (nSPS) is 20.8. The highest BCUT2D eigenvalue weighted by atomic mass is 32.2. The lowest BCUT2D eigenvalue weighted by Crippen LogP contribution is -2.44. The van der Waals surface area contributed by atoms with Gasteiger partial charge in [0.25, 0.3) is 5.91 Å². The van der Waals surface area contributed by atoms with Gasteiger partial charge < -0.3 is 9.64 Å². The first-order chi connectivity index (χ1) is 19.3. The Labute approximate surface area is 235 Å². The number of alkyl halides is 6. The number of fused-ring (bicyclic) bond motifs is 1. The predicted octanol–water partition coefficient (Wildman–Crippen LogP) is 5.75. The van der Waals surface area contributed by atoms with Crippen molar-refractivity contribution in [1.82, 2.24) is 20.0 Å². The second-order valence-corrected chi connectivity index (χ2v) is 10.8. The number of amidine groups is 1. The first kappa shape index (κ1) is 29.1. The number of benzene rings is 2. The van der Waals surface area contributed by atoms with E-state index in [1.165, 1.54) is 22.6 Å². The summed E-state index contributed by atoms with van der Waals surface area (Å²) in [5.74, 6) is -0.374. The van der Waals surface area contributed by atoms with E-state index in [1.807, 2.05) is 11.9 Å². The Hall–Kier alpha value is -3.36. The number of carbonyl (C=O) groups is 1. The fraction of sp³-hybridized carbons (Fsp3) is 0.370. The van der Waals surface area contributed by atoms with Crippen LogP contribution < -0.4 is 5.32 Å². The van der Waals surface area contributed by atoms with Crippen LogP contribution in [0.2, 0.25) is 0 Å². The topological polar surface area (TPSA) is 71.8 Å². The molecule has 0 bridgehead atoms. The van der Waals surface area contributed by atoms with Crippen LogP contribution in [0.25, 0.3) is 17.0 Å². The number of nitrogens with zero attached hydrogens (tertiary/aromatic N) is 4. The summed E-state index contributed by atoms with van der Waals surface area (Å²) in [4.78, 5) is 19.2. The lowest BCUT2D eigenvalue weighted by molar-refractivity contribution is -0.143. The van der Waals surface area contributed by atoms with Crippen LogP contribution in [0.15, 0.2) is 52.5 Å². The molecule has 0 aliphatic carbocycles. The van der Waals surface area contributed by atoms with Crippen molar-refractivity contribution in [3.63, 3.8) is 0 Å². The summed E-state index contributed by atoms with van der Waals surface area (Å²) < 4.78 is 86.4. The predicted molar refractivity (Wildman–Crippen MR) is 143 cm³/mol. The van der Waals surface area contributed by atoms with Crippen LogP contribution in [0.1, 0.15) is 35.1 Å². The van der Waals surface area contributed by atoms with Crippen LogP contribution in [0, 0.1) is 0 Å². The molecule has 1 N–H and O–H groups in total. The van der Waals surface area contributed by atoms with E-state index < -0.39 is 23.5 Å². The zero-order chi connectivity index (χ0) is 29.5. The molecule has 1 fully saturated rings. The first-order valence-electron chi connectivity index (χ1n) is 12.6. The quantitative estimate of drug-likeness (QED) is 0.288. The third-order valence-corrected chi connectivity index (χ3v) is 8.06. The van der Waals surface area contributed by atoms with Crippen molar-refractivity contribution in [1.29, 1.82) is 0 Å². The van der Waals surface area contributed by atoms with Gasteiger partial charge >= 0.3 is 12.4 Å². The fourth-order valence-electron chi connectivity index (χ4n) is 4.91. The molecule has 1 unspecified atom stereocenters. The Kier molecular flexibility index (Phi) is 7.92. The highest BCUT2D eigenvalue weighted by Gasteiger charge is 2.38. The molecule has 41 heavy (non-hydrogen) atoms. The van der Waals surface area contributed by atoms with Gasteiger partial charge in [-0.05, 0) is 66.1 Å². The van der Waals surface area contributed by atoms with Gasteiger partial charge in [0.05, 0.1) is 47.1 Å². The lowest BCUT2D eigenvalue weighted by atomic mass is 10.0. The van der Waals surface area contributed by atoms with Gasteiger partial charge in [-0.15, -0.1) is 0 Å². The van der Waals surface area contributed by atoms with Gasteiger partial charge in [-0.1, -0.05) is 12.1 Å². The molecule has 2 aromatic carbocycles. The summed E-state index contributed by atoms with van der Waals surface area (Å²) >= 11 is 1.25. The Morgan fingerprint density at radius 2 is 1.90 bits per heavy atom. The SMILES string of the molecule is COC[C@@H]1CCC(N(C)C2=NC(=O)/C(=C/c3ccc4c(cnn4Cc4ccc(C(F)(F)F)cc4C(F)(F)F)c3)S2)N1. The molecule has 2 aliphatic heterocycles. The molecule has 2 atom stereocenters. The summed E-state index contributed by atoms with van der Waals surface area (Å²) in [5.41, 5.74) is -1.92. The van der Waals surface area contributed by atoms with E-state index in [2.05, 4.69) is 15.4 Å². The number of hydrogen-bond donors (Lipinski definition) is 1. The molecule has 218 valence electrons. The van der Waals surface area contributed by atoms with Gasteiger partial charge in [0.15, 0.2) is 5.17 Å². The second-order valence-electron chi connectivity index (χ2n) is 9.82. The molecule has 3 heterocycles. The number of ether oxygens (including phenoxy) is 1. The molecule has 0 radical (unpaired) electrons. The highest BCUT2D eigenvalue weighted by molar-refractivity contribution is 8.18. The number of thioether (sulfide) groups is 1. The van der Waals surface area contributed by atoms with E-state index in [1.54, 1.807) is 31.4 Å². The minimum Gasteiger partial charge on any atom is -0.383 e. The molecule has 1 aromatic heterocycles. The molecule has 7 nitrogen and oxygen atoms in total. The van der Waals surface area contributed by atoms with Gasteiger partial charge in [-0.25, -0.2) is 0 Å². The minimum atomic E-state index is -4.97. The maximum atomic E-state index is 13.6. The van der Waals surface area contributed by atoms with Crippen molar-refractivity contribution in [2.24, 2.45) is 4.99 Å². The van der Waals surface area contributed by atoms with Crippen LogP contribution in [-0.2, 0) is 28.4 Å².